The van der Waals surface area contributed by atoms with Gasteiger partial charge in [0.25, 0.3) is 15.9 Å². The second kappa shape index (κ2) is 12.1. The maximum Gasteiger partial charge on any atom is 0.427 e. The van der Waals surface area contributed by atoms with E-state index in [1.54, 1.807) is 6.92 Å². The lowest BCUT2D eigenvalue weighted by atomic mass is 10.1. The van der Waals surface area contributed by atoms with Crippen molar-refractivity contribution in [2.75, 3.05) is 35.6 Å². The fraction of sp³-hybridized carbons (Fsp3) is 0.565. The van der Waals surface area contributed by atoms with Gasteiger partial charge in [-0.05, 0) is 45.9 Å². The quantitative estimate of drug-likeness (QED) is 0.328. The lowest BCUT2D eigenvalue weighted by Gasteiger charge is -2.40. The lowest BCUT2D eigenvalue weighted by molar-refractivity contribution is -0.242. The molecule has 0 bridgehead atoms. The summed E-state index contributed by atoms with van der Waals surface area (Å²) in [4.78, 5) is 11.9. The Balaban J connectivity index is 2.08. The first kappa shape index (κ1) is 33.2. The minimum absolute atomic E-state index is 0.0350. The zero-order valence-corrected chi connectivity index (χ0v) is 24.9. The number of halogens is 3. The average Bonchev–Trinajstić information content (AvgIpc) is 3.29. The van der Waals surface area contributed by atoms with Gasteiger partial charge < -0.3 is 19.3 Å². The number of benzene rings is 1. The number of aliphatic hydroxyl groups excluding tert-OH is 1. The number of amides is 1. The van der Waals surface area contributed by atoms with Crippen LogP contribution in [0, 0.1) is 0 Å². The van der Waals surface area contributed by atoms with Crippen molar-refractivity contribution in [1.82, 2.24) is 14.5 Å². The molecule has 0 radical (unpaired) electrons. The fourth-order valence-corrected chi connectivity index (χ4v) is 6.03. The number of hydrogen-bond donors (Lipinski definition) is 3. The van der Waals surface area contributed by atoms with E-state index in [-0.39, 0.29) is 47.6 Å². The Bertz CT molecular complexity index is 1510. The SMILES string of the molecule is CCn1cc(S(=O)(=O)N2c3cc(NC(=O)OC(C)(C)C(F)(F)F)ccc3O[C@@H](CNS(C)(=O)=O)[C@H]2C)c(OCCO)n1. The average molecular weight is 644 g/mol. The Morgan fingerprint density at radius 1 is 1.21 bits per heavy atom. The van der Waals surface area contributed by atoms with Crippen LogP contribution >= 0.6 is 0 Å². The first-order valence-corrected chi connectivity index (χ1v) is 15.8. The third kappa shape index (κ3) is 7.37. The normalized spacial score (nSPS) is 17.8. The third-order valence-electron chi connectivity index (χ3n) is 6.09. The molecule has 0 aliphatic carbocycles. The largest absolute Gasteiger partial charge is 0.485 e. The van der Waals surface area contributed by atoms with E-state index in [9.17, 15) is 39.9 Å². The van der Waals surface area contributed by atoms with Gasteiger partial charge in [0.05, 0.1) is 24.6 Å². The van der Waals surface area contributed by atoms with Crippen LogP contribution in [0.15, 0.2) is 29.3 Å². The molecular weight excluding hydrogens is 611 g/mol. The molecule has 1 aromatic carbocycles. The van der Waals surface area contributed by atoms with Gasteiger partial charge >= 0.3 is 12.3 Å². The number of aromatic nitrogens is 2. The fourth-order valence-electron chi connectivity index (χ4n) is 3.80. The first-order valence-electron chi connectivity index (χ1n) is 12.5. The van der Waals surface area contributed by atoms with Crippen LogP contribution in [0.2, 0.25) is 0 Å². The number of sulfonamides is 2. The number of fused-ring (bicyclic) bond motifs is 1. The van der Waals surface area contributed by atoms with E-state index in [0.717, 1.165) is 16.6 Å². The predicted octanol–water partition coefficient (Wildman–Crippen LogP) is 2.06. The summed E-state index contributed by atoms with van der Waals surface area (Å²) < 4.78 is 112. The van der Waals surface area contributed by atoms with Crippen LogP contribution in [0.4, 0.5) is 29.3 Å². The Morgan fingerprint density at radius 3 is 2.45 bits per heavy atom. The number of rotatable bonds is 11. The molecular formula is C23H32F3N5O9S2. The molecule has 42 heavy (non-hydrogen) atoms. The lowest BCUT2D eigenvalue weighted by Crippen LogP contribution is -2.54. The van der Waals surface area contributed by atoms with Gasteiger partial charge in [-0.15, -0.1) is 5.10 Å². The number of carbonyl (C=O) groups is 1. The standard InChI is InChI=1S/C23H32F3N5O9S2/c1-6-30-13-19(20(29-30)38-10-9-32)42(36,37)31-14(2)18(12-27-41(5,34)35)39-17-8-7-15(11-16(17)31)28-21(33)40-22(3,4)23(24,25)26/h7-8,11,13-14,18,27,32H,6,9-10,12H2,1-5H3,(H,28,33)/t14-,18+/m1/s1. The van der Waals surface area contributed by atoms with Crippen molar-refractivity contribution in [2.24, 2.45) is 0 Å². The second-order valence-corrected chi connectivity index (χ2v) is 13.4. The maximum atomic E-state index is 14.2. The van der Waals surface area contributed by atoms with E-state index in [1.165, 1.54) is 29.9 Å². The molecule has 0 saturated carbocycles. The molecule has 1 aliphatic rings. The Hall–Kier alpha value is -3.29. The van der Waals surface area contributed by atoms with Crippen LogP contribution < -0.4 is 23.8 Å². The van der Waals surface area contributed by atoms with Crippen LogP contribution in [0.1, 0.15) is 27.7 Å². The van der Waals surface area contributed by atoms with Crippen LogP contribution in [-0.2, 0) is 31.3 Å². The molecule has 2 aromatic rings. The maximum absolute atomic E-state index is 14.2. The number of alkyl halides is 3. The number of nitrogens with zero attached hydrogens (tertiary/aromatic N) is 3. The van der Waals surface area contributed by atoms with E-state index < -0.39 is 56.7 Å². The summed E-state index contributed by atoms with van der Waals surface area (Å²) in [6.45, 7) is 3.76. The highest BCUT2D eigenvalue weighted by atomic mass is 32.2. The summed E-state index contributed by atoms with van der Waals surface area (Å²) in [5.41, 5.74) is -3.06. The van der Waals surface area contributed by atoms with E-state index in [2.05, 4.69) is 19.9 Å². The summed E-state index contributed by atoms with van der Waals surface area (Å²) in [5.74, 6) is -0.337. The van der Waals surface area contributed by atoms with Gasteiger partial charge in [-0.2, -0.15) is 13.2 Å². The van der Waals surface area contributed by atoms with Crippen molar-refractivity contribution >= 4 is 37.5 Å². The molecule has 14 nitrogen and oxygen atoms in total. The van der Waals surface area contributed by atoms with E-state index >= 15 is 0 Å². The number of anilines is 2. The van der Waals surface area contributed by atoms with Gasteiger partial charge in [-0.3, -0.25) is 14.3 Å². The van der Waals surface area contributed by atoms with Gasteiger partial charge in [0.2, 0.25) is 15.6 Å². The van der Waals surface area contributed by atoms with Crippen LogP contribution in [0.25, 0.3) is 0 Å². The molecule has 2 heterocycles. The van der Waals surface area contributed by atoms with Gasteiger partial charge in [-0.25, -0.2) is 26.4 Å². The van der Waals surface area contributed by atoms with Gasteiger partial charge in [0.1, 0.15) is 18.5 Å². The topological polar surface area (TPSA) is 178 Å². The van der Waals surface area contributed by atoms with Gasteiger partial charge in [0, 0.05) is 25.0 Å². The Morgan fingerprint density at radius 2 is 1.88 bits per heavy atom. The molecule has 1 amide bonds. The summed E-state index contributed by atoms with van der Waals surface area (Å²) >= 11 is 0. The molecule has 3 N–H and O–H groups in total. The Kier molecular flexibility index (Phi) is 9.60. The zero-order valence-electron chi connectivity index (χ0n) is 23.3. The van der Waals surface area contributed by atoms with E-state index in [4.69, 9.17) is 9.47 Å². The highest BCUT2D eigenvalue weighted by Gasteiger charge is 2.51. The summed E-state index contributed by atoms with van der Waals surface area (Å²) in [6, 6.07) is 2.59. The van der Waals surface area contributed by atoms with Crippen molar-refractivity contribution in [3.8, 4) is 11.6 Å². The van der Waals surface area contributed by atoms with Crippen molar-refractivity contribution < 1.29 is 54.1 Å². The minimum Gasteiger partial charge on any atom is -0.485 e. The number of nitrogens with one attached hydrogen (secondary N) is 2. The molecule has 0 spiro atoms. The highest BCUT2D eigenvalue weighted by Crippen LogP contribution is 2.43. The van der Waals surface area contributed by atoms with Crippen molar-refractivity contribution in [3.05, 3.63) is 24.4 Å². The van der Waals surface area contributed by atoms with Crippen LogP contribution in [0.3, 0.4) is 0 Å². The number of aryl methyl sites for hydroxylation is 1. The van der Waals surface area contributed by atoms with E-state index in [0.29, 0.717) is 13.8 Å². The van der Waals surface area contributed by atoms with Gasteiger partial charge in [-0.1, -0.05) is 0 Å². The Labute approximate surface area is 240 Å². The van der Waals surface area contributed by atoms with Crippen LogP contribution in [-0.4, -0.2) is 87.8 Å². The number of aliphatic hydroxyl groups is 1. The molecule has 0 saturated heterocycles. The first-order chi connectivity index (χ1) is 19.3. The highest BCUT2D eigenvalue weighted by molar-refractivity contribution is 7.93. The number of ether oxygens (including phenoxy) is 3. The number of carbonyl (C=O) groups excluding carboxylic acids is 1. The second-order valence-electron chi connectivity index (χ2n) is 9.75. The third-order valence-corrected chi connectivity index (χ3v) is 8.67. The molecule has 1 aliphatic heterocycles. The van der Waals surface area contributed by atoms with Crippen molar-refractivity contribution in [2.45, 2.75) is 63.1 Å². The molecule has 0 unspecified atom stereocenters. The summed E-state index contributed by atoms with van der Waals surface area (Å²) in [7, 11) is -8.25. The summed E-state index contributed by atoms with van der Waals surface area (Å²) in [6.07, 6.45) is -5.21. The zero-order chi connectivity index (χ0) is 31.7. The van der Waals surface area contributed by atoms with Gasteiger partial charge in [0.15, 0.2) is 4.90 Å². The molecule has 236 valence electrons. The molecule has 19 heteroatoms. The molecule has 0 fully saturated rings. The van der Waals surface area contributed by atoms with Crippen LogP contribution in [0.5, 0.6) is 11.6 Å². The van der Waals surface area contributed by atoms with Crippen molar-refractivity contribution in [1.29, 1.82) is 0 Å². The number of hydrogen-bond acceptors (Lipinski definition) is 10. The summed E-state index contributed by atoms with van der Waals surface area (Å²) in [5, 5.41) is 15.4. The molecule has 1 aromatic heterocycles. The van der Waals surface area contributed by atoms with Crippen molar-refractivity contribution in [3.63, 3.8) is 0 Å². The molecule has 2 atom stereocenters. The van der Waals surface area contributed by atoms with E-state index in [1.807, 2.05) is 0 Å². The smallest absolute Gasteiger partial charge is 0.427 e. The monoisotopic (exact) mass is 643 g/mol. The predicted molar refractivity (Wildman–Crippen MR) is 144 cm³/mol. The minimum atomic E-state index is -4.86. The molecule has 3 rings (SSSR count).